The van der Waals surface area contributed by atoms with Crippen LogP contribution in [0.3, 0.4) is 0 Å². The molecule has 2 saturated heterocycles. The van der Waals surface area contributed by atoms with Crippen molar-refractivity contribution in [1.29, 1.82) is 0 Å². The molecule has 4 rings (SSSR count). The summed E-state index contributed by atoms with van der Waals surface area (Å²) in [7, 11) is 0. The van der Waals surface area contributed by atoms with Crippen LogP contribution < -0.4 is 15.1 Å². The molecule has 1 atom stereocenters. The van der Waals surface area contributed by atoms with Gasteiger partial charge in [-0.3, -0.25) is 4.79 Å². The Labute approximate surface area is 154 Å². The SMILES string of the molecule is CC1CCCN(c2nc(N3CCOCC3)cc3cc(NC=O)ccc23)C1. The van der Waals surface area contributed by atoms with Crippen LogP contribution in [-0.2, 0) is 9.53 Å². The number of morpholine rings is 1. The summed E-state index contributed by atoms with van der Waals surface area (Å²) in [6.45, 7) is 7.61. The highest BCUT2D eigenvalue weighted by atomic mass is 16.5. The molecule has 1 aromatic carbocycles. The van der Waals surface area contributed by atoms with E-state index in [4.69, 9.17) is 9.72 Å². The van der Waals surface area contributed by atoms with Crippen molar-refractivity contribution in [2.75, 3.05) is 54.5 Å². The fourth-order valence-electron chi connectivity index (χ4n) is 3.96. The van der Waals surface area contributed by atoms with Gasteiger partial charge in [-0.1, -0.05) is 6.92 Å². The molecule has 0 saturated carbocycles. The molecule has 138 valence electrons. The molecule has 2 fully saturated rings. The highest BCUT2D eigenvalue weighted by molar-refractivity contribution is 5.97. The third-order valence-electron chi connectivity index (χ3n) is 5.31. The molecule has 1 N–H and O–H groups in total. The first-order valence-corrected chi connectivity index (χ1v) is 9.47. The first-order chi connectivity index (χ1) is 12.7. The van der Waals surface area contributed by atoms with Crippen LogP contribution in [0.25, 0.3) is 10.8 Å². The van der Waals surface area contributed by atoms with E-state index in [2.05, 4.69) is 34.2 Å². The minimum absolute atomic E-state index is 0.684. The van der Waals surface area contributed by atoms with Crippen molar-refractivity contribution in [2.45, 2.75) is 19.8 Å². The maximum Gasteiger partial charge on any atom is 0.211 e. The number of benzene rings is 1. The van der Waals surface area contributed by atoms with E-state index < -0.39 is 0 Å². The van der Waals surface area contributed by atoms with Crippen LogP contribution in [0.5, 0.6) is 0 Å². The van der Waals surface area contributed by atoms with Gasteiger partial charge >= 0.3 is 0 Å². The summed E-state index contributed by atoms with van der Waals surface area (Å²) in [5.41, 5.74) is 0.810. The molecule has 0 bridgehead atoms. The van der Waals surface area contributed by atoms with E-state index in [9.17, 15) is 4.79 Å². The molecule has 1 amide bonds. The Balaban J connectivity index is 1.79. The molecule has 2 aliphatic rings. The Hall–Kier alpha value is -2.34. The summed E-state index contributed by atoms with van der Waals surface area (Å²) in [6, 6.07) is 8.19. The minimum atomic E-state index is 0.684. The number of nitrogens with zero attached hydrogens (tertiary/aromatic N) is 3. The van der Waals surface area contributed by atoms with Crippen molar-refractivity contribution in [3.8, 4) is 0 Å². The minimum Gasteiger partial charge on any atom is -0.378 e. The third-order valence-corrected chi connectivity index (χ3v) is 5.31. The van der Waals surface area contributed by atoms with Crippen LogP contribution in [0, 0.1) is 5.92 Å². The van der Waals surface area contributed by atoms with Gasteiger partial charge in [-0.05, 0) is 48.4 Å². The van der Waals surface area contributed by atoms with E-state index in [0.29, 0.717) is 5.92 Å². The van der Waals surface area contributed by atoms with Crippen molar-refractivity contribution < 1.29 is 9.53 Å². The van der Waals surface area contributed by atoms with Crippen LogP contribution >= 0.6 is 0 Å². The first kappa shape index (κ1) is 17.1. The number of aromatic nitrogens is 1. The lowest BCUT2D eigenvalue weighted by molar-refractivity contribution is -0.105. The molecule has 0 radical (unpaired) electrons. The second-order valence-electron chi connectivity index (χ2n) is 7.30. The number of anilines is 3. The van der Waals surface area contributed by atoms with Gasteiger partial charge in [-0.25, -0.2) is 4.98 Å². The zero-order valence-corrected chi connectivity index (χ0v) is 15.3. The zero-order valence-electron chi connectivity index (χ0n) is 15.3. The van der Waals surface area contributed by atoms with Crippen LogP contribution in [-0.4, -0.2) is 50.8 Å². The Morgan fingerprint density at radius 1 is 1.19 bits per heavy atom. The van der Waals surface area contributed by atoms with Crippen LogP contribution in [0.4, 0.5) is 17.3 Å². The molecular formula is C20H26N4O2. The monoisotopic (exact) mass is 354 g/mol. The number of ether oxygens (including phenoxy) is 1. The van der Waals surface area contributed by atoms with Gasteiger partial charge in [0, 0.05) is 37.3 Å². The normalized spacial score (nSPS) is 21.0. The van der Waals surface area contributed by atoms with Crippen molar-refractivity contribution in [2.24, 2.45) is 5.92 Å². The molecule has 1 aromatic heterocycles. The average molecular weight is 354 g/mol. The van der Waals surface area contributed by atoms with E-state index in [1.807, 2.05) is 12.1 Å². The summed E-state index contributed by atoms with van der Waals surface area (Å²) in [6.07, 6.45) is 3.21. The number of carbonyl (C=O) groups is 1. The molecule has 26 heavy (non-hydrogen) atoms. The zero-order chi connectivity index (χ0) is 17.9. The number of amides is 1. The Morgan fingerprint density at radius 3 is 2.81 bits per heavy atom. The third kappa shape index (κ3) is 3.46. The second-order valence-corrected chi connectivity index (χ2v) is 7.30. The molecule has 1 unspecified atom stereocenters. The average Bonchev–Trinajstić information content (AvgIpc) is 2.68. The highest BCUT2D eigenvalue weighted by Gasteiger charge is 2.22. The molecule has 2 aliphatic heterocycles. The van der Waals surface area contributed by atoms with E-state index in [1.54, 1.807) is 0 Å². The van der Waals surface area contributed by atoms with Gasteiger partial charge in [-0.2, -0.15) is 0 Å². The summed E-state index contributed by atoms with van der Waals surface area (Å²) in [5.74, 6) is 2.74. The topological polar surface area (TPSA) is 57.7 Å². The number of pyridine rings is 1. The van der Waals surface area contributed by atoms with Gasteiger partial charge < -0.3 is 19.9 Å². The van der Waals surface area contributed by atoms with Crippen molar-refractivity contribution in [3.63, 3.8) is 0 Å². The quantitative estimate of drug-likeness (QED) is 0.856. The number of carbonyl (C=O) groups excluding carboxylic acids is 1. The van der Waals surface area contributed by atoms with Crippen molar-refractivity contribution >= 4 is 34.5 Å². The number of fused-ring (bicyclic) bond motifs is 1. The van der Waals surface area contributed by atoms with Gasteiger partial charge in [0.2, 0.25) is 6.41 Å². The predicted molar refractivity (Wildman–Crippen MR) is 105 cm³/mol. The fourth-order valence-corrected chi connectivity index (χ4v) is 3.96. The summed E-state index contributed by atoms with van der Waals surface area (Å²) in [4.78, 5) is 20.6. The summed E-state index contributed by atoms with van der Waals surface area (Å²) >= 11 is 0. The van der Waals surface area contributed by atoms with Crippen molar-refractivity contribution in [3.05, 3.63) is 24.3 Å². The van der Waals surface area contributed by atoms with Gasteiger partial charge in [0.25, 0.3) is 0 Å². The lowest BCUT2D eigenvalue weighted by Crippen LogP contribution is -2.38. The summed E-state index contributed by atoms with van der Waals surface area (Å²) < 4.78 is 5.49. The lowest BCUT2D eigenvalue weighted by Gasteiger charge is -2.34. The molecule has 2 aromatic rings. The van der Waals surface area contributed by atoms with E-state index in [0.717, 1.165) is 73.9 Å². The fraction of sp³-hybridized carbons (Fsp3) is 0.500. The van der Waals surface area contributed by atoms with Crippen LogP contribution in [0.15, 0.2) is 24.3 Å². The Morgan fingerprint density at radius 2 is 2.04 bits per heavy atom. The number of rotatable bonds is 4. The van der Waals surface area contributed by atoms with Gasteiger partial charge in [0.15, 0.2) is 0 Å². The van der Waals surface area contributed by atoms with E-state index in [-0.39, 0.29) is 0 Å². The standard InChI is InChI=1S/C20H26N4O2/c1-15-3-2-6-24(13-15)20-18-5-4-17(21-14-25)11-16(18)12-19(22-20)23-7-9-26-10-8-23/h4-5,11-12,14-15H,2-3,6-10,13H2,1H3,(H,21,25). The Bertz CT molecular complexity index is 789. The van der Waals surface area contributed by atoms with E-state index >= 15 is 0 Å². The van der Waals surface area contributed by atoms with E-state index in [1.165, 1.54) is 12.8 Å². The molecule has 6 heteroatoms. The molecule has 0 spiro atoms. The molecule has 0 aliphatic carbocycles. The number of hydrogen-bond donors (Lipinski definition) is 1. The lowest BCUT2D eigenvalue weighted by atomic mass is 9.99. The number of nitrogens with one attached hydrogen (secondary N) is 1. The number of hydrogen-bond acceptors (Lipinski definition) is 5. The second kappa shape index (κ2) is 7.50. The highest BCUT2D eigenvalue weighted by Crippen LogP contribution is 2.33. The maximum absolute atomic E-state index is 10.8. The number of piperidine rings is 1. The predicted octanol–water partition coefficient (Wildman–Crippen LogP) is 2.88. The largest absolute Gasteiger partial charge is 0.378 e. The van der Waals surface area contributed by atoms with Gasteiger partial charge in [0.1, 0.15) is 11.6 Å². The molecular weight excluding hydrogens is 328 g/mol. The maximum atomic E-state index is 10.8. The molecule has 6 nitrogen and oxygen atoms in total. The van der Waals surface area contributed by atoms with Crippen molar-refractivity contribution in [1.82, 2.24) is 4.98 Å². The van der Waals surface area contributed by atoms with Gasteiger partial charge in [-0.15, -0.1) is 0 Å². The summed E-state index contributed by atoms with van der Waals surface area (Å²) in [5, 5.41) is 5.02. The van der Waals surface area contributed by atoms with Crippen LogP contribution in [0.2, 0.25) is 0 Å². The van der Waals surface area contributed by atoms with Gasteiger partial charge in [0.05, 0.1) is 13.2 Å². The first-order valence-electron chi connectivity index (χ1n) is 9.47. The van der Waals surface area contributed by atoms with Crippen LogP contribution in [0.1, 0.15) is 19.8 Å². The smallest absolute Gasteiger partial charge is 0.211 e. The Kier molecular flexibility index (Phi) is 4.93. The molecule has 3 heterocycles.